The van der Waals surface area contributed by atoms with Crippen LogP contribution in [0.1, 0.15) is 117 Å². The van der Waals surface area contributed by atoms with E-state index in [9.17, 15) is 40.9 Å². The summed E-state index contributed by atoms with van der Waals surface area (Å²) < 4.78 is 6.37. The number of nitrogens with zero attached hydrogens (tertiary/aromatic N) is 1. The van der Waals surface area contributed by atoms with E-state index in [2.05, 4.69) is 20.8 Å². The van der Waals surface area contributed by atoms with Crippen molar-refractivity contribution in [1.82, 2.24) is 0 Å². The minimum atomic E-state index is -1.96. The number of phenolic OH excluding ortho intramolecular Hbond substituents is 1. The Morgan fingerprint density at radius 1 is 0.969 bits per heavy atom. The summed E-state index contributed by atoms with van der Waals surface area (Å²) in [6.45, 7) is 9.81. The van der Waals surface area contributed by atoms with Crippen LogP contribution in [0.25, 0.3) is 0 Å². The van der Waals surface area contributed by atoms with Crippen LogP contribution in [-0.2, 0) is 20.7 Å². The van der Waals surface area contributed by atoms with E-state index in [4.69, 9.17) is 4.74 Å². The quantitative estimate of drug-likeness (QED) is 0.135. The van der Waals surface area contributed by atoms with Gasteiger partial charge in [-0.15, -0.1) is 0 Å². The molecule has 2 saturated heterocycles. The van der Waals surface area contributed by atoms with Gasteiger partial charge in [-0.2, -0.15) is 0 Å². The van der Waals surface area contributed by atoms with E-state index in [0.717, 1.165) is 18.4 Å². The van der Waals surface area contributed by atoms with Crippen molar-refractivity contribution >= 4 is 39.0 Å². The standard InChI is InChI=1S/C50H71NO11S2/c1-27(2)28(3)39-40(62-39)43(4,59)34-11-14-50(61)36-22-37(55)48-23-38(56)49(60,26-53)35-10-13-45(36,44(35,48)5)15-16-46(34,50)12-9-29-19-32(21-33(54)20-29)51-18-17-47(41(51)57)30(24-52)7-6-8-31(47)25-63-64-42(48)58/h19-22,27-28,30-31,34-35,38-40,42,52-54,56,58-61H,6-18,23-26H2,1-5H3/t28-,30-,31+,34-,35-,38-,39+,40-,42+,43-,44-,45+,46-,47+,48+,49+,50-/m1/s1. The maximum atomic E-state index is 15.6. The van der Waals surface area contributed by atoms with Gasteiger partial charge in [-0.1, -0.05) is 55.7 Å². The molecule has 1 aromatic rings. The Bertz CT molecular complexity index is 2120. The lowest BCUT2D eigenvalue weighted by atomic mass is 9.34. The van der Waals surface area contributed by atoms with Gasteiger partial charge in [-0.05, 0) is 154 Å². The number of ketones is 1. The van der Waals surface area contributed by atoms with Crippen LogP contribution in [0.5, 0.6) is 5.75 Å². The molecule has 4 spiro atoms. The minimum Gasteiger partial charge on any atom is -0.508 e. The lowest BCUT2D eigenvalue weighted by Crippen LogP contribution is -2.76. The van der Waals surface area contributed by atoms with Crippen LogP contribution < -0.4 is 4.90 Å². The van der Waals surface area contributed by atoms with Gasteiger partial charge < -0.3 is 50.5 Å². The molecular formula is C50H71NO11S2. The molecule has 8 bridgehead atoms. The number of benzene rings is 1. The van der Waals surface area contributed by atoms with Crippen molar-refractivity contribution in [3.05, 3.63) is 35.4 Å². The highest BCUT2D eigenvalue weighted by Gasteiger charge is 2.84. The number of fused-ring (bicyclic) bond motifs is 2. The summed E-state index contributed by atoms with van der Waals surface area (Å²) in [6.07, 6.45) is 5.27. The third kappa shape index (κ3) is 5.61. The smallest absolute Gasteiger partial charge is 0.233 e. The Hall–Kier alpha value is -1.72. The maximum absolute atomic E-state index is 15.6. The molecule has 7 fully saturated rings. The van der Waals surface area contributed by atoms with Crippen molar-refractivity contribution in [2.75, 3.05) is 30.4 Å². The van der Waals surface area contributed by atoms with E-state index in [1.165, 1.54) is 21.6 Å². The van der Waals surface area contributed by atoms with Crippen LogP contribution in [0.3, 0.4) is 0 Å². The molecule has 14 heteroatoms. The summed E-state index contributed by atoms with van der Waals surface area (Å²) >= 11 is 0. The van der Waals surface area contributed by atoms with Crippen LogP contribution >= 0.6 is 21.6 Å². The van der Waals surface area contributed by atoms with Crippen LogP contribution in [0.2, 0.25) is 0 Å². The number of phenols is 1. The molecule has 8 N–H and O–H groups in total. The van der Waals surface area contributed by atoms with Gasteiger partial charge in [0.15, 0.2) is 5.78 Å². The third-order valence-corrected chi connectivity index (χ3v) is 23.5. The lowest BCUT2D eigenvalue weighted by Gasteiger charge is -2.71. The number of rotatable bonds is 6. The van der Waals surface area contributed by atoms with Gasteiger partial charge in [-0.3, -0.25) is 9.59 Å². The lowest BCUT2D eigenvalue weighted by molar-refractivity contribution is -0.265. The summed E-state index contributed by atoms with van der Waals surface area (Å²) in [6, 6.07) is 5.31. The normalized spacial score (nSPS) is 48.8. The van der Waals surface area contributed by atoms with Gasteiger partial charge in [0.1, 0.15) is 22.9 Å². The van der Waals surface area contributed by atoms with E-state index in [1.807, 2.05) is 19.9 Å². The molecule has 1 amide bonds. The molecule has 5 heterocycles. The molecular weight excluding hydrogens is 855 g/mol. The van der Waals surface area contributed by atoms with Crippen LogP contribution in [0, 0.1) is 62.6 Å². The molecule has 1 aromatic carbocycles. The Morgan fingerprint density at radius 3 is 2.45 bits per heavy atom. The average molecular weight is 926 g/mol. The number of aromatic hydroxyl groups is 1. The zero-order valence-corrected chi connectivity index (χ0v) is 39.8. The van der Waals surface area contributed by atoms with E-state index in [1.54, 1.807) is 23.1 Å². The van der Waals surface area contributed by atoms with Gasteiger partial charge in [0.05, 0.1) is 40.8 Å². The number of aliphatic hydroxyl groups is 7. The number of carbonyl (C=O) groups excluding carboxylic acids is 2. The second-order valence-corrected chi connectivity index (χ2v) is 25.4. The fourth-order valence-corrected chi connectivity index (χ4v) is 20.3. The summed E-state index contributed by atoms with van der Waals surface area (Å²) in [4.78, 5) is 32.4. The Kier molecular flexibility index (Phi) is 10.9. The van der Waals surface area contributed by atoms with Crippen molar-refractivity contribution in [2.45, 2.75) is 159 Å². The Labute approximate surface area is 385 Å². The average Bonchev–Trinajstić information content (AvgIpc) is 3.81. The molecule has 0 radical (unpaired) electrons. The first-order valence-electron chi connectivity index (χ1n) is 24.3. The van der Waals surface area contributed by atoms with Crippen LogP contribution in [0.15, 0.2) is 29.8 Å². The maximum Gasteiger partial charge on any atom is 0.233 e. The number of amides is 1. The van der Waals surface area contributed by atoms with E-state index < -0.39 is 85.7 Å². The predicted octanol–water partition coefficient (Wildman–Crippen LogP) is 5.29. The third-order valence-electron chi connectivity index (χ3n) is 20.9. The van der Waals surface area contributed by atoms with E-state index >= 15 is 9.59 Å². The largest absolute Gasteiger partial charge is 0.508 e. The number of hydrogen-bond donors (Lipinski definition) is 8. The number of carbonyl (C=O) groups is 2. The first kappa shape index (κ1) is 46.0. The minimum absolute atomic E-state index is 0.0203. The first-order valence-corrected chi connectivity index (χ1v) is 26.7. The van der Waals surface area contributed by atoms with E-state index in [0.29, 0.717) is 87.3 Å². The number of ether oxygens (including phenoxy) is 1. The monoisotopic (exact) mass is 925 g/mol. The fraction of sp³-hybridized carbons (Fsp3) is 0.800. The molecule has 12 nitrogen and oxygen atoms in total. The highest BCUT2D eigenvalue weighted by atomic mass is 33.1. The first-order chi connectivity index (χ1) is 30.2. The number of hydrogen-bond acceptors (Lipinski definition) is 13. The molecule has 0 aromatic heterocycles. The topological polar surface area (TPSA) is 212 Å². The highest BCUT2D eigenvalue weighted by Crippen LogP contribution is 2.83. The zero-order valence-electron chi connectivity index (χ0n) is 38.2. The van der Waals surface area contributed by atoms with Gasteiger partial charge in [0, 0.05) is 41.5 Å². The summed E-state index contributed by atoms with van der Waals surface area (Å²) in [5.41, 5.74) is -9.92. The van der Waals surface area contributed by atoms with Gasteiger partial charge in [0.2, 0.25) is 5.91 Å². The van der Waals surface area contributed by atoms with Gasteiger partial charge in [0.25, 0.3) is 0 Å². The Balaban J connectivity index is 1.16. The molecule has 6 aliphatic carbocycles. The Morgan fingerprint density at radius 2 is 1.73 bits per heavy atom. The van der Waals surface area contributed by atoms with E-state index in [-0.39, 0.29) is 55.0 Å². The summed E-state index contributed by atoms with van der Waals surface area (Å²) in [7, 11) is 2.58. The number of allylic oxidation sites excluding steroid dienone is 1. The van der Waals surface area contributed by atoms with Gasteiger partial charge >= 0.3 is 0 Å². The zero-order chi connectivity index (χ0) is 45.8. The summed E-state index contributed by atoms with van der Waals surface area (Å²) in [5.74, 6) is -1.17. The number of aliphatic hydroxyl groups excluding tert-OH is 4. The van der Waals surface area contributed by atoms with Crippen LogP contribution in [-0.4, -0.2) is 119 Å². The van der Waals surface area contributed by atoms with Crippen molar-refractivity contribution in [1.29, 1.82) is 0 Å². The number of aryl methyl sites for hydroxylation is 1. The predicted molar refractivity (Wildman–Crippen MR) is 244 cm³/mol. The van der Waals surface area contributed by atoms with Crippen molar-refractivity contribution < 1.29 is 55.2 Å². The van der Waals surface area contributed by atoms with Crippen molar-refractivity contribution in [3.8, 4) is 5.75 Å². The summed E-state index contributed by atoms with van der Waals surface area (Å²) in [5, 5.41) is 97.3. The molecule has 64 heavy (non-hydrogen) atoms. The highest BCUT2D eigenvalue weighted by molar-refractivity contribution is 8.76. The number of epoxide rings is 1. The van der Waals surface area contributed by atoms with Crippen molar-refractivity contribution in [2.24, 2.45) is 62.6 Å². The molecule has 11 aliphatic rings. The second kappa shape index (κ2) is 15.1. The number of anilines is 1. The molecule has 354 valence electrons. The molecule has 17 atom stereocenters. The molecule has 5 aliphatic heterocycles. The van der Waals surface area contributed by atoms with Crippen molar-refractivity contribution in [3.63, 3.8) is 0 Å². The molecule has 12 rings (SSSR count). The van der Waals surface area contributed by atoms with Gasteiger partial charge in [-0.25, -0.2) is 0 Å². The molecule has 5 saturated carbocycles. The fourth-order valence-electron chi connectivity index (χ4n) is 17.2. The second-order valence-electron chi connectivity index (χ2n) is 22.9. The SMILES string of the molecule is CC(C)[C@@H](C)[C@@H]1O[C@H]1[C@](C)(O)[C@H]1CC[C@@]2(O)C3=CC(=O)[C@@]45C[C@@H](O)[C@](O)(CO)[C@@H]6CC[C@@]3(CC[C@]12CCc1cc(O)cc(c1)N1CC[C@]2(C1=O)[C@@H](CO)CCC[C@H]2CSS[C@@H]4O)[C@@]65C. The molecule has 0 unspecified atom stereocenters. The van der Waals surface area contributed by atoms with Crippen LogP contribution in [0.4, 0.5) is 5.69 Å².